The lowest BCUT2D eigenvalue weighted by molar-refractivity contribution is -0.119. The van der Waals surface area contributed by atoms with Crippen LogP contribution in [-0.2, 0) is 17.8 Å². The number of hydrogen-bond donors (Lipinski definition) is 4. The Bertz CT molecular complexity index is 2790. The average molecular weight is 827 g/mol. The van der Waals surface area contributed by atoms with E-state index in [0.29, 0.717) is 30.0 Å². The van der Waals surface area contributed by atoms with Gasteiger partial charge in [-0.05, 0) is 134 Å². The number of pyridine rings is 1. The van der Waals surface area contributed by atoms with Crippen molar-refractivity contribution in [1.82, 2.24) is 19.5 Å². The SMILES string of the molecule is Cc1ccc(N[C@@H]2C[C@H](C)N(C(=O)CCc3nnc4c(NC(N)=O)cc5cc(-c6ccc(CN7CCCCC7)cc6)ccc5n34)c3ccc(-c4ccc(C(=O)O)cc4)cc32)cc1. The lowest BCUT2D eigenvalue weighted by Gasteiger charge is -2.40. The summed E-state index contributed by atoms with van der Waals surface area (Å²) in [4.78, 5) is 42.7. The summed E-state index contributed by atoms with van der Waals surface area (Å²) in [7, 11) is 0. The molecule has 5 N–H and O–H groups in total. The predicted octanol–water partition coefficient (Wildman–Crippen LogP) is 9.61. The van der Waals surface area contributed by atoms with Crippen LogP contribution in [0.4, 0.5) is 21.9 Å². The van der Waals surface area contributed by atoms with Crippen LogP contribution in [0.2, 0.25) is 0 Å². The Kier molecular flexibility index (Phi) is 11.2. The molecule has 2 atom stereocenters. The maximum absolute atomic E-state index is 14.5. The number of fused-ring (bicyclic) bond motifs is 4. The normalized spacial score (nSPS) is 16.6. The van der Waals surface area contributed by atoms with E-state index in [1.165, 1.54) is 30.4 Å². The molecule has 1 saturated heterocycles. The summed E-state index contributed by atoms with van der Waals surface area (Å²) in [6, 6.07) is 37.1. The summed E-state index contributed by atoms with van der Waals surface area (Å²) in [6.07, 6.45) is 4.96. The number of amides is 3. The van der Waals surface area contributed by atoms with Gasteiger partial charge in [0.1, 0.15) is 5.82 Å². The van der Waals surface area contributed by atoms with Crippen LogP contribution in [0.5, 0.6) is 0 Å². The maximum atomic E-state index is 14.5. The van der Waals surface area contributed by atoms with E-state index in [2.05, 4.69) is 106 Å². The first-order valence-corrected chi connectivity index (χ1v) is 21.4. The van der Waals surface area contributed by atoms with E-state index in [4.69, 9.17) is 5.73 Å². The van der Waals surface area contributed by atoms with Gasteiger partial charge in [-0.25, -0.2) is 9.59 Å². The van der Waals surface area contributed by atoms with Crippen molar-refractivity contribution in [2.75, 3.05) is 28.6 Å². The van der Waals surface area contributed by atoms with E-state index >= 15 is 0 Å². The van der Waals surface area contributed by atoms with Crippen molar-refractivity contribution in [1.29, 1.82) is 0 Å². The Hall–Kier alpha value is -7.05. The Morgan fingerprint density at radius 2 is 1.47 bits per heavy atom. The summed E-state index contributed by atoms with van der Waals surface area (Å²) in [5, 5.41) is 25.8. The number of benzene rings is 5. The molecule has 2 aliphatic heterocycles. The second kappa shape index (κ2) is 17.1. The maximum Gasteiger partial charge on any atom is 0.335 e. The first-order valence-electron chi connectivity index (χ1n) is 21.4. The topological polar surface area (TPSA) is 158 Å². The third-order valence-electron chi connectivity index (χ3n) is 12.3. The number of anilines is 3. The largest absolute Gasteiger partial charge is 0.478 e. The fourth-order valence-electron chi connectivity index (χ4n) is 9.14. The number of aromatic nitrogens is 3. The van der Waals surface area contributed by atoms with Gasteiger partial charge in [0.25, 0.3) is 0 Å². The number of nitrogens with one attached hydrogen (secondary N) is 2. The Morgan fingerprint density at radius 3 is 2.18 bits per heavy atom. The first-order chi connectivity index (χ1) is 30.1. The minimum atomic E-state index is -0.976. The second-order valence-electron chi connectivity index (χ2n) is 16.7. The molecule has 314 valence electrons. The van der Waals surface area contributed by atoms with Crippen LogP contribution in [0.15, 0.2) is 115 Å². The van der Waals surface area contributed by atoms with Gasteiger partial charge in [0, 0.05) is 42.2 Å². The molecule has 0 bridgehead atoms. The zero-order valence-electron chi connectivity index (χ0n) is 35.0. The van der Waals surface area contributed by atoms with Crippen molar-refractivity contribution >= 4 is 51.5 Å². The molecule has 0 saturated carbocycles. The quantitative estimate of drug-likeness (QED) is 0.100. The van der Waals surface area contributed by atoms with Gasteiger partial charge in [-0.1, -0.05) is 72.6 Å². The van der Waals surface area contributed by atoms with Crippen LogP contribution in [0.3, 0.4) is 0 Å². The number of carbonyl (C=O) groups excluding carboxylic acids is 2. The van der Waals surface area contributed by atoms with Crippen molar-refractivity contribution in [3.63, 3.8) is 0 Å². The highest BCUT2D eigenvalue weighted by molar-refractivity contribution is 5.99. The number of nitrogens with two attached hydrogens (primary N) is 1. The third kappa shape index (κ3) is 8.33. The van der Waals surface area contributed by atoms with E-state index in [1.807, 2.05) is 45.7 Å². The smallest absolute Gasteiger partial charge is 0.335 e. The average Bonchev–Trinajstić information content (AvgIpc) is 3.71. The van der Waals surface area contributed by atoms with Gasteiger partial charge in [0.2, 0.25) is 5.91 Å². The number of nitrogens with zero attached hydrogens (tertiary/aromatic N) is 5. The molecule has 1 fully saturated rings. The Balaban J connectivity index is 1.01. The molecule has 5 aromatic carbocycles. The number of likely N-dealkylation sites (tertiary alicyclic amines) is 1. The van der Waals surface area contributed by atoms with Gasteiger partial charge in [0.15, 0.2) is 5.65 Å². The summed E-state index contributed by atoms with van der Waals surface area (Å²) in [5.74, 6) is -0.439. The lowest BCUT2D eigenvalue weighted by Crippen LogP contribution is -2.44. The molecule has 0 unspecified atom stereocenters. The molecule has 2 aromatic heterocycles. The molecule has 0 radical (unpaired) electrons. The zero-order chi connectivity index (χ0) is 42.9. The third-order valence-corrected chi connectivity index (χ3v) is 12.3. The minimum absolute atomic E-state index is 0.0513. The standard InChI is InChI=1S/C50H50N8O4/c1-31-6-18-40(19-7-31)52-42-26-32(2)57(45-21-17-38(28-41(42)45)35-12-14-36(15-13-35)49(60)61)47(59)23-22-46-54-55-48-43(53-50(51)62)29-39-27-37(16-20-44(39)58(46)48)34-10-8-33(9-11-34)30-56-24-4-3-5-25-56/h6-21,27-29,32,42,52H,3-5,22-26,30H2,1-2H3,(H,60,61)(H3,51,53,62)/t32-,42+/m0/s1. The van der Waals surface area contributed by atoms with Gasteiger partial charge >= 0.3 is 12.0 Å². The van der Waals surface area contributed by atoms with Crippen molar-refractivity contribution in [2.24, 2.45) is 5.73 Å². The van der Waals surface area contributed by atoms with E-state index in [0.717, 1.165) is 69.7 Å². The monoisotopic (exact) mass is 826 g/mol. The van der Waals surface area contributed by atoms with Crippen LogP contribution >= 0.6 is 0 Å². The molecule has 3 amide bonds. The summed E-state index contributed by atoms with van der Waals surface area (Å²) < 4.78 is 1.91. The highest BCUT2D eigenvalue weighted by Crippen LogP contribution is 2.42. The molecule has 7 aromatic rings. The number of aryl methyl sites for hydroxylation is 2. The molecule has 12 nitrogen and oxygen atoms in total. The number of carboxylic acids is 1. The minimum Gasteiger partial charge on any atom is -0.478 e. The van der Waals surface area contributed by atoms with Gasteiger partial charge in [-0.15, -0.1) is 10.2 Å². The van der Waals surface area contributed by atoms with Gasteiger partial charge < -0.3 is 26.4 Å². The molecule has 0 aliphatic carbocycles. The van der Waals surface area contributed by atoms with E-state index in [1.54, 1.807) is 12.1 Å². The number of urea groups is 1. The van der Waals surface area contributed by atoms with Gasteiger partial charge in [0.05, 0.1) is 22.8 Å². The van der Waals surface area contributed by atoms with E-state index < -0.39 is 12.0 Å². The van der Waals surface area contributed by atoms with Gasteiger partial charge in [-0.2, -0.15) is 0 Å². The molecular weight excluding hydrogens is 777 g/mol. The van der Waals surface area contributed by atoms with Crippen molar-refractivity contribution in [3.05, 3.63) is 143 Å². The number of primary amides is 1. The fourth-order valence-corrected chi connectivity index (χ4v) is 9.14. The summed E-state index contributed by atoms with van der Waals surface area (Å²) in [5.41, 5.74) is 16.7. The molecule has 12 heteroatoms. The first kappa shape index (κ1) is 40.4. The van der Waals surface area contributed by atoms with Crippen LogP contribution in [0, 0.1) is 6.92 Å². The summed E-state index contributed by atoms with van der Waals surface area (Å²) in [6.45, 7) is 7.39. The van der Waals surface area contributed by atoms with Crippen molar-refractivity contribution in [2.45, 2.75) is 71.0 Å². The van der Waals surface area contributed by atoms with Crippen LogP contribution in [-0.4, -0.2) is 61.6 Å². The second-order valence-corrected chi connectivity index (χ2v) is 16.7. The van der Waals surface area contributed by atoms with Crippen LogP contribution in [0.1, 0.15) is 77.9 Å². The predicted molar refractivity (Wildman–Crippen MR) is 245 cm³/mol. The molecular formula is C50H50N8O4. The number of carbonyl (C=O) groups is 3. The van der Waals surface area contributed by atoms with Crippen molar-refractivity contribution in [3.8, 4) is 22.3 Å². The number of piperidine rings is 1. The molecule has 62 heavy (non-hydrogen) atoms. The molecule has 9 rings (SSSR count). The number of hydrogen-bond acceptors (Lipinski definition) is 7. The molecule has 4 heterocycles. The van der Waals surface area contributed by atoms with Crippen LogP contribution < -0.4 is 21.3 Å². The molecule has 2 aliphatic rings. The number of aromatic carboxylic acids is 1. The summed E-state index contributed by atoms with van der Waals surface area (Å²) >= 11 is 0. The van der Waals surface area contributed by atoms with Crippen molar-refractivity contribution < 1.29 is 19.5 Å². The fraction of sp³-hybridized carbons (Fsp3) is 0.260. The van der Waals surface area contributed by atoms with Crippen LogP contribution in [0.25, 0.3) is 38.8 Å². The highest BCUT2D eigenvalue weighted by atomic mass is 16.4. The number of carboxylic acid groups (broad SMARTS) is 1. The highest BCUT2D eigenvalue weighted by Gasteiger charge is 2.34. The zero-order valence-corrected chi connectivity index (χ0v) is 35.0. The lowest BCUT2D eigenvalue weighted by atomic mass is 9.88. The Labute approximate surface area is 360 Å². The van der Waals surface area contributed by atoms with E-state index in [-0.39, 0.29) is 30.0 Å². The van der Waals surface area contributed by atoms with Gasteiger partial charge in [-0.3, -0.25) is 14.1 Å². The number of rotatable bonds is 11. The Morgan fingerprint density at radius 1 is 0.790 bits per heavy atom. The molecule has 0 spiro atoms. The van der Waals surface area contributed by atoms with E-state index in [9.17, 15) is 19.5 Å².